The van der Waals surface area contributed by atoms with Gasteiger partial charge in [-0.1, -0.05) is 23.7 Å². The highest BCUT2D eigenvalue weighted by Crippen LogP contribution is 2.40. The third-order valence-corrected chi connectivity index (χ3v) is 4.80. The Morgan fingerprint density at radius 1 is 1.25 bits per heavy atom. The SMILES string of the molecule is N#CC1(c2cccc(Cl)c2)CCC(OC(=O)c2ccncc2)CC1. The van der Waals surface area contributed by atoms with E-state index in [9.17, 15) is 10.1 Å². The van der Waals surface area contributed by atoms with Crippen LogP contribution in [0, 0.1) is 11.3 Å². The molecule has 1 saturated carbocycles. The summed E-state index contributed by atoms with van der Waals surface area (Å²) >= 11 is 6.06. The highest BCUT2D eigenvalue weighted by Gasteiger charge is 2.38. The van der Waals surface area contributed by atoms with Crippen molar-refractivity contribution >= 4 is 17.6 Å². The van der Waals surface area contributed by atoms with Gasteiger partial charge in [0.25, 0.3) is 0 Å². The van der Waals surface area contributed by atoms with Crippen LogP contribution in [0.25, 0.3) is 0 Å². The van der Waals surface area contributed by atoms with Crippen LogP contribution in [-0.2, 0) is 10.2 Å². The van der Waals surface area contributed by atoms with Crippen molar-refractivity contribution in [3.8, 4) is 6.07 Å². The summed E-state index contributed by atoms with van der Waals surface area (Å²) < 4.78 is 5.57. The Labute approximate surface area is 146 Å². The van der Waals surface area contributed by atoms with E-state index in [4.69, 9.17) is 16.3 Å². The molecule has 0 atom stereocenters. The maximum absolute atomic E-state index is 12.1. The minimum Gasteiger partial charge on any atom is -0.459 e. The van der Waals surface area contributed by atoms with Crippen LogP contribution < -0.4 is 0 Å². The molecule has 1 aliphatic carbocycles. The number of benzene rings is 1. The van der Waals surface area contributed by atoms with Crippen LogP contribution in [0.15, 0.2) is 48.8 Å². The predicted molar refractivity (Wildman–Crippen MR) is 90.7 cm³/mol. The number of hydrogen-bond donors (Lipinski definition) is 0. The van der Waals surface area contributed by atoms with Gasteiger partial charge in [0.05, 0.1) is 17.0 Å². The Morgan fingerprint density at radius 3 is 2.58 bits per heavy atom. The van der Waals surface area contributed by atoms with Crippen LogP contribution >= 0.6 is 11.6 Å². The fraction of sp³-hybridized carbons (Fsp3) is 0.316. The maximum atomic E-state index is 12.1. The Balaban J connectivity index is 1.66. The molecule has 0 aliphatic heterocycles. The molecule has 0 radical (unpaired) electrons. The van der Waals surface area contributed by atoms with E-state index >= 15 is 0 Å². The summed E-state index contributed by atoms with van der Waals surface area (Å²) in [6.07, 6.45) is 5.60. The van der Waals surface area contributed by atoms with Crippen molar-refractivity contribution in [3.63, 3.8) is 0 Å². The van der Waals surface area contributed by atoms with Gasteiger partial charge in [-0.05, 0) is 55.5 Å². The van der Waals surface area contributed by atoms with Gasteiger partial charge in [-0.15, -0.1) is 0 Å². The van der Waals surface area contributed by atoms with Gasteiger partial charge in [0.2, 0.25) is 0 Å². The second-order valence-electron chi connectivity index (χ2n) is 6.04. The van der Waals surface area contributed by atoms with Crippen molar-refractivity contribution in [2.45, 2.75) is 37.2 Å². The molecule has 4 nitrogen and oxygen atoms in total. The van der Waals surface area contributed by atoms with E-state index in [0.29, 0.717) is 36.3 Å². The predicted octanol–water partition coefficient (Wildman–Crippen LogP) is 4.30. The maximum Gasteiger partial charge on any atom is 0.338 e. The second-order valence-corrected chi connectivity index (χ2v) is 6.48. The van der Waals surface area contributed by atoms with E-state index in [0.717, 1.165) is 5.56 Å². The van der Waals surface area contributed by atoms with Crippen molar-refractivity contribution < 1.29 is 9.53 Å². The summed E-state index contributed by atoms with van der Waals surface area (Å²) in [6, 6.07) is 13.2. The van der Waals surface area contributed by atoms with Gasteiger partial charge < -0.3 is 4.74 Å². The number of nitriles is 1. The minimum absolute atomic E-state index is 0.161. The molecular weight excluding hydrogens is 324 g/mol. The number of esters is 1. The quantitative estimate of drug-likeness (QED) is 0.781. The van der Waals surface area contributed by atoms with Gasteiger partial charge in [0.1, 0.15) is 6.10 Å². The molecule has 1 heterocycles. The minimum atomic E-state index is -0.551. The zero-order chi connectivity index (χ0) is 17.0. The van der Waals surface area contributed by atoms with Gasteiger partial charge in [-0.3, -0.25) is 4.98 Å². The molecule has 122 valence electrons. The van der Waals surface area contributed by atoms with Gasteiger partial charge in [0, 0.05) is 17.4 Å². The number of nitrogens with zero attached hydrogens (tertiary/aromatic N) is 2. The van der Waals surface area contributed by atoms with E-state index in [1.54, 1.807) is 30.6 Å². The summed E-state index contributed by atoms with van der Waals surface area (Å²) in [5.74, 6) is -0.338. The van der Waals surface area contributed by atoms with Crippen LogP contribution in [0.2, 0.25) is 5.02 Å². The topological polar surface area (TPSA) is 63.0 Å². The fourth-order valence-corrected chi connectivity index (χ4v) is 3.35. The summed E-state index contributed by atoms with van der Waals surface area (Å²) in [6.45, 7) is 0. The number of carbonyl (C=O) groups excluding carboxylic acids is 1. The first-order valence-corrected chi connectivity index (χ1v) is 8.29. The number of hydrogen-bond acceptors (Lipinski definition) is 4. The molecule has 0 amide bonds. The summed E-state index contributed by atoms with van der Waals surface area (Å²) in [5, 5.41) is 10.4. The lowest BCUT2D eigenvalue weighted by atomic mass is 9.70. The van der Waals surface area contributed by atoms with Gasteiger partial charge in [-0.25, -0.2) is 4.79 Å². The van der Waals surface area contributed by atoms with Gasteiger partial charge in [-0.2, -0.15) is 5.26 Å². The molecule has 24 heavy (non-hydrogen) atoms. The standard InChI is InChI=1S/C19H17ClN2O2/c20-16-3-1-2-15(12-16)19(13-21)8-4-17(5-9-19)24-18(23)14-6-10-22-11-7-14/h1-3,6-7,10-12,17H,4-5,8-9H2. The Bertz CT molecular complexity index is 762. The number of ether oxygens (including phenoxy) is 1. The van der Waals surface area contributed by atoms with Crippen LogP contribution in [0.5, 0.6) is 0 Å². The normalized spacial score (nSPS) is 23.2. The Kier molecular flexibility index (Phi) is 4.82. The lowest BCUT2D eigenvalue weighted by Crippen LogP contribution is -2.34. The van der Waals surface area contributed by atoms with Crippen molar-refractivity contribution in [1.82, 2.24) is 4.98 Å². The average molecular weight is 341 g/mol. The highest BCUT2D eigenvalue weighted by atomic mass is 35.5. The van der Waals surface area contributed by atoms with Crippen molar-refractivity contribution in [2.24, 2.45) is 0 Å². The molecule has 5 heteroatoms. The number of pyridine rings is 1. The number of aromatic nitrogens is 1. The number of halogens is 1. The van der Waals surface area contributed by atoms with Crippen LogP contribution in [-0.4, -0.2) is 17.1 Å². The van der Waals surface area contributed by atoms with Crippen LogP contribution in [0.1, 0.15) is 41.6 Å². The largest absolute Gasteiger partial charge is 0.459 e. The van der Waals surface area contributed by atoms with Gasteiger partial charge >= 0.3 is 5.97 Å². The second kappa shape index (κ2) is 7.02. The number of rotatable bonds is 3. The first-order chi connectivity index (χ1) is 11.6. The first kappa shape index (κ1) is 16.5. The molecule has 1 aromatic heterocycles. The zero-order valence-electron chi connectivity index (χ0n) is 13.1. The van der Waals surface area contributed by atoms with Gasteiger partial charge in [0.15, 0.2) is 0 Å². The van der Waals surface area contributed by atoms with E-state index in [1.165, 1.54) is 0 Å². The van der Waals surface area contributed by atoms with Crippen molar-refractivity contribution in [2.75, 3.05) is 0 Å². The molecule has 0 bridgehead atoms. The summed E-state index contributed by atoms with van der Waals surface area (Å²) in [4.78, 5) is 16.0. The molecule has 1 aliphatic rings. The van der Waals surface area contributed by atoms with E-state index < -0.39 is 5.41 Å². The lowest BCUT2D eigenvalue weighted by Gasteiger charge is -2.35. The Hall–Kier alpha value is -2.38. The van der Waals surface area contributed by atoms with E-state index in [1.807, 2.05) is 18.2 Å². The molecular formula is C19H17ClN2O2. The molecule has 1 fully saturated rings. The third kappa shape index (κ3) is 3.42. The van der Waals surface area contributed by atoms with Crippen molar-refractivity contribution in [3.05, 3.63) is 64.9 Å². The average Bonchev–Trinajstić information content (AvgIpc) is 2.63. The highest BCUT2D eigenvalue weighted by molar-refractivity contribution is 6.30. The summed E-state index contributed by atoms with van der Waals surface area (Å²) in [5.41, 5.74) is 0.887. The fourth-order valence-electron chi connectivity index (χ4n) is 3.16. The lowest BCUT2D eigenvalue weighted by molar-refractivity contribution is 0.0167. The molecule has 1 aromatic carbocycles. The Morgan fingerprint density at radius 2 is 1.96 bits per heavy atom. The zero-order valence-corrected chi connectivity index (χ0v) is 13.9. The smallest absolute Gasteiger partial charge is 0.338 e. The molecule has 0 N–H and O–H groups in total. The number of carbonyl (C=O) groups is 1. The summed E-state index contributed by atoms with van der Waals surface area (Å²) in [7, 11) is 0. The molecule has 0 unspecified atom stereocenters. The first-order valence-electron chi connectivity index (χ1n) is 7.91. The van der Waals surface area contributed by atoms with Crippen LogP contribution in [0.4, 0.5) is 0 Å². The molecule has 2 aromatic rings. The van der Waals surface area contributed by atoms with Crippen molar-refractivity contribution in [1.29, 1.82) is 5.26 Å². The van der Waals surface area contributed by atoms with E-state index in [2.05, 4.69) is 11.1 Å². The third-order valence-electron chi connectivity index (χ3n) is 4.57. The van der Waals surface area contributed by atoms with E-state index in [-0.39, 0.29) is 12.1 Å². The molecule has 3 rings (SSSR count). The van der Waals surface area contributed by atoms with Crippen LogP contribution in [0.3, 0.4) is 0 Å². The molecule has 0 saturated heterocycles. The molecule has 0 spiro atoms. The monoisotopic (exact) mass is 340 g/mol.